The Labute approximate surface area is 121 Å². The molecule has 2 aromatic carbocycles. The first-order valence-electron chi connectivity index (χ1n) is 8.02. The van der Waals surface area contributed by atoms with E-state index in [1.807, 2.05) is 0 Å². The summed E-state index contributed by atoms with van der Waals surface area (Å²) < 4.78 is 0. The molecule has 0 atom stereocenters. The highest BCUT2D eigenvalue weighted by Crippen LogP contribution is 2.40. The summed E-state index contributed by atoms with van der Waals surface area (Å²) in [7, 11) is 0. The molecule has 0 aliphatic heterocycles. The lowest BCUT2D eigenvalue weighted by Crippen LogP contribution is -1.96. The number of rotatable bonds is 0. The average molecular weight is 261 g/mol. The SMILES string of the molecule is [CH]1c2ccccc2-c2cc3c(cc21)CCCCCCC3. The van der Waals surface area contributed by atoms with Gasteiger partial charge in [-0.05, 0) is 59.1 Å². The minimum Gasteiger partial charge on any atom is -0.0619 e. The minimum absolute atomic E-state index is 1.27. The zero-order chi connectivity index (χ0) is 13.4. The molecule has 0 bridgehead atoms. The van der Waals surface area contributed by atoms with Gasteiger partial charge in [0.1, 0.15) is 0 Å². The van der Waals surface area contributed by atoms with E-state index < -0.39 is 0 Å². The third kappa shape index (κ3) is 2.08. The van der Waals surface area contributed by atoms with Crippen molar-refractivity contribution in [3.63, 3.8) is 0 Å². The topological polar surface area (TPSA) is 0 Å². The third-order valence-electron chi connectivity index (χ3n) is 4.83. The van der Waals surface area contributed by atoms with Gasteiger partial charge in [0, 0.05) is 6.42 Å². The van der Waals surface area contributed by atoms with Gasteiger partial charge in [0.25, 0.3) is 0 Å². The van der Waals surface area contributed by atoms with Gasteiger partial charge in [0.15, 0.2) is 0 Å². The maximum atomic E-state index is 2.48. The largest absolute Gasteiger partial charge is 0.0619 e. The van der Waals surface area contributed by atoms with Crippen molar-refractivity contribution in [3.05, 3.63) is 65.1 Å². The van der Waals surface area contributed by atoms with E-state index in [-0.39, 0.29) is 0 Å². The lowest BCUT2D eigenvalue weighted by atomic mass is 9.93. The van der Waals surface area contributed by atoms with E-state index in [1.165, 1.54) is 67.2 Å². The number of hydrogen-bond donors (Lipinski definition) is 0. The molecule has 0 aromatic heterocycles. The van der Waals surface area contributed by atoms with Gasteiger partial charge in [-0.1, -0.05) is 55.7 Å². The lowest BCUT2D eigenvalue weighted by Gasteiger charge is -2.12. The van der Waals surface area contributed by atoms with E-state index in [1.54, 1.807) is 11.1 Å². The molecule has 2 aliphatic carbocycles. The Morgan fingerprint density at radius 2 is 1.30 bits per heavy atom. The molecule has 1 radical (unpaired) electrons. The summed E-state index contributed by atoms with van der Waals surface area (Å²) in [4.78, 5) is 0. The van der Waals surface area contributed by atoms with E-state index in [0.29, 0.717) is 0 Å². The van der Waals surface area contributed by atoms with Gasteiger partial charge >= 0.3 is 0 Å². The molecule has 20 heavy (non-hydrogen) atoms. The van der Waals surface area contributed by atoms with Crippen LogP contribution in [0.2, 0.25) is 0 Å². The van der Waals surface area contributed by atoms with Gasteiger partial charge in [-0.15, -0.1) is 0 Å². The van der Waals surface area contributed by atoms with Gasteiger partial charge in [-0.3, -0.25) is 0 Å². The first kappa shape index (κ1) is 12.2. The molecule has 0 nitrogen and oxygen atoms in total. The fourth-order valence-corrected chi connectivity index (χ4v) is 3.72. The molecule has 0 N–H and O–H groups in total. The minimum atomic E-state index is 1.27. The second-order valence-electron chi connectivity index (χ2n) is 6.21. The van der Waals surface area contributed by atoms with Crippen molar-refractivity contribution in [2.24, 2.45) is 0 Å². The fourth-order valence-electron chi connectivity index (χ4n) is 3.72. The Morgan fingerprint density at radius 3 is 2.15 bits per heavy atom. The Hall–Kier alpha value is -1.56. The molecule has 4 rings (SSSR count). The summed E-state index contributed by atoms with van der Waals surface area (Å²) in [5, 5.41) is 0. The van der Waals surface area contributed by atoms with Crippen molar-refractivity contribution in [1.29, 1.82) is 0 Å². The molecule has 0 spiro atoms. The highest BCUT2D eigenvalue weighted by Gasteiger charge is 2.20. The second-order valence-corrected chi connectivity index (χ2v) is 6.21. The molecule has 0 saturated carbocycles. The highest BCUT2D eigenvalue weighted by atomic mass is 14.2. The number of fused-ring (bicyclic) bond motifs is 4. The second kappa shape index (κ2) is 5.09. The van der Waals surface area contributed by atoms with Crippen molar-refractivity contribution in [3.8, 4) is 11.1 Å². The molecular formula is C20H21. The third-order valence-corrected chi connectivity index (χ3v) is 4.83. The molecule has 0 saturated heterocycles. The molecule has 2 aromatic rings. The molecular weight excluding hydrogens is 240 g/mol. The molecule has 101 valence electrons. The van der Waals surface area contributed by atoms with Crippen LogP contribution in [-0.4, -0.2) is 0 Å². The van der Waals surface area contributed by atoms with Gasteiger partial charge < -0.3 is 0 Å². The molecule has 0 heteroatoms. The highest BCUT2D eigenvalue weighted by molar-refractivity contribution is 5.82. The summed E-state index contributed by atoms with van der Waals surface area (Å²) in [6, 6.07) is 13.7. The normalized spacial score (nSPS) is 17.4. The zero-order valence-corrected chi connectivity index (χ0v) is 12.0. The molecule has 0 amide bonds. The fraction of sp³-hybridized carbons (Fsp3) is 0.350. The van der Waals surface area contributed by atoms with Crippen LogP contribution in [0.5, 0.6) is 0 Å². The number of aryl methyl sites for hydroxylation is 2. The van der Waals surface area contributed by atoms with Crippen LogP contribution < -0.4 is 0 Å². The Bertz CT molecular complexity index is 636. The molecule has 0 fully saturated rings. The van der Waals surface area contributed by atoms with Crippen LogP contribution in [0, 0.1) is 6.42 Å². The van der Waals surface area contributed by atoms with Crippen LogP contribution in [0.4, 0.5) is 0 Å². The molecule has 0 unspecified atom stereocenters. The lowest BCUT2D eigenvalue weighted by molar-refractivity contribution is 0.629. The maximum Gasteiger partial charge on any atom is 0.0212 e. The van der Waals surface area contributed by atoms with E-state index in [9.17, 15) is 0 Å². The van der Waals surface area contributed by atoms with Crippen molar-refractivity contribution >= 4 is 0 Å². The van der Waals surface area contributed by atoms with Crippen LogP contribution in [-0.2, 0) is 12.8 Å². The quantitative estimate of drug-likeness (QED) is 0.514. The summed E-state index contributed by atoms with van der Waals surface area (Å²) >= 11 is 0. The van der Waals surface area contributed by atoms with Gasteiger partial charge in [0.05, 0.1) is 0 Å². The van der Waals surface area contributed by atoms with E-state index in [4.69, 9.17) is 0 Å². The number of benzene rings is 2. The maximum absolute atomic E-state index is 2.48. The first-order chi connectivity index (χ1) is 9.92. The van der Waals surface area contributed by atoms with Gasteiger partial charge in [0.2, 0.25) is 0 Å². The number of hydrogen-bond acceptors (Lipinski definition) is 0. The Morgan fingerprint density at radius 1 is 0.600 bits per heavy atom. The van der Waals surface area contributed by atoms with Crippen molar-refractivity contribution in [2.45, 2.75) is 44.9 Å². The van der Waals surface area contributed by atoms with E-state index in [0.717, 1.165) is 0 Å². The summed E-state index contributed by atoms with van der Waals surface area (Å²) in [5.41, 5.74) is 8.91. The van der Waals surface area contributed by atoms with Crippen molar-refractivity contribution in [2.75, 3.05) is 0 Å². The van der Waals surface area contributed by atoms with Crippen LogP contribution in [0.25, 0.3) is 11.1 Å². The predicted molar refractivity (Wildman–Crippen MR) is 84.9 cm³/mol. The van der Waals surface area contributed by atoms with Crippen LogP contribution in [0.3, 0.4) is 0 Å². The summed E-state index contributed by atoms with van der Waals surface area (Å²) in [5.74, 6) is 0. The summed E-state index contributed by atoms with van der Waals surface area (Å²) in [6.07, 6.45) is 11.8. The van der Waals surface area contributed by atoms with Crippen molar-refractivity contribution in [1.82, 2.24) is 0 Å². The van der Waals surface area contributed by atoms with Crippen LogP contribution >= 0.6 is 0 Å². The standard InChI is InChI=1S/C20H21/c1-2-4-8-15-12-18-13-17-10-6-7-11-19(17)20(18)14-16(15)9-5-3-1/h6-7,10-14H,1-5,8-9H2. The van der Waals surface area contributed by atoms with Crippen LogP contribution in [0.1, 0.15) is 54.4 Å². The van der Waals surface area contributed by atoms with E-state index in [2.05, 4.69) is 42.8 Å². The zero-order valence-electron chi connectivity index (χ0n) is 12.0. The predicted octanol–water partition coefficient (Wildman–Crippen LogP) is 5.32. The Kier molecular flexibility index (Phi) is 3.10. The first-order valence-corrected chi connectivity index (χ1v) is 8.02. The van der Waals surface area contributed by atoms with Gasteiger partial charge in [-0.25, -0.2) is 0 Å². The van der Waals surface area contributed by atoms with Gasteiger partial charge in [-0.2, -0.15) is 0 Å². The molecule has 0 heterocycles. The van der Waals surface area contributed by atoms with E-state index >= 15 is 0 Å². The Balaban J connectivity index is 1.79. The molecule has 2 aliphatic rings. The monoisotopic (exact) mass is 261 g/mol. The van der Waals surface area contributed by atoms with Crippen LogP contribution in [0.15, 0.2) is 36.4 Å². The average Bonchev–Trinajstić information content (AvgIpc) is 2.87. The van der Waals surface area contributed by atoms with Crippen molar-refractivity contribution < 1.29 is 0 Å². The smallest absolute Gasteiger partial charge is 0.0212 e. The summed E-state index contributed by atoms with van der Waals surface area (Å²) in [6.45, 7) is 0.